The molecule has 0 aliphatic rings. The third-order valence-electron chi connectivity index (χ3n) is 4.00. The van der Waals surface area contributed by atoms with Gasteiger partial charge in [-0.3, -0.25) is 19.5 Å². The van der Waals surface area contributed by atoms with E-state index in [0.717, 1.165) is 5.56 Å². The lowest BCUT2D eigenvalue weighted by Gasteiger charge is -2.31. The van der Waals surface area contributed by atoms with Gasteiger partial charge in [0.05, 0.1) is 12.5 Å². The first-order chi connectivity index (χ1) is 12.7. The van der Waals surface area contributed by atoms with E-state index in [2.05, 4.69) is 4.98 Å². The molecule has 0 bridgehead atoms. The second-order valence-corrected chi connectivity index (χ2v) is 5.75. The molecule has 1 atom stereocenters. The molecule has 1 aromatic heterocycles. The minimum Gasteiger partial charge on any atom is -0.481 e. The van der Waals surface area contributed by atoms with Crippen LogP contribution in [0.2, 0.25) is 0 Å². The summed E-state index contributed by atoms with van der Waals surface area (Å²) in [6, 6.07) is 22.7. The van der Waals surface area contributed by atoms with Gasteiger partial charge >= 0.3 is 5.97 Å². The van der Waals surface area contributed by atoms with E-state index in [1.165, 1.54) is 4.90 Å². The average Bonchev–Trinajstić information content (AvgIpc) is 2.69. The molecule has 0 aliphatic carbocycles. The van der Waals surface area contributed by atoms with Gasteiger partial charge in [0.2, 0.25) is 0 Å². The Morgan fingerprint density at radius 2 is 1.50 bits per heavy atom. The van der Waals surface area contributed by atoms with Crippen LogP contribution in [0.4, 0.5) is 5.69 Å². The SMILES string of the molecule is O=C(O)C[C@@H](c1ccccc1)N(C(=O)c1ccccn1)c1ccccc1. The summed E-state index contributed by atoms with van der Waals surface area (Å²) in [5.74, 6) is -1.32. The molecule has 0 spiro atoms. The third-order valence-corrected chi connectivity index (χ3v) is 4.00. The van der Waals surface area contributed by atoms with Crippen molar-refractivity contribution in [3.05, 3.63) is 96.3 Å². The summed E-state index contributed by atoms with van der Waals surface area (Å²) >= 11 is 0. The average molecular weight is 346 g/mol. The van der Waals surface area contributed by atoms with E-state index < -0.39 is 12.0 Å². The minimum atomic E-state index is -0.978. The lowest BCUT2D eigenvalue weighted by molar-refractivity contribution is -0.137. The number of aromatic nitrogens is 1. The molecular weight excluding hydrogens is 328 g/mol. The van der Waals surface area contributed by atoms with Crippen molar-refractivity contribution in [2.24, 2.45) is 0 Å². The number of hydrogen-bond donors (Lipinski definition) is 1. The van der Waals surface area contributed by atoms with E-state index in [1.54, 1.807) is 36.5 Å². The number of para-hydroxylation sites is 1. The Kier molecular flexibility index (Phi) is 5.39. The van der Waals surface area contributed by atoms with Gasteiger partial charge in [-0.05, 0) is 29.8 Å². The number of carboxylic acids is 1. The molecule has 1 heterocycles. The van der Waals surface area contributed by atoms with Crippen LogP contribution in [-0.2, 0) is 4.79 Å². The topological polar surface area (TPSA) is 70.5 Å². The molecule has 5 nitrogen and oxygen atoms in total. The van der Waals surface area contributed by atoms with E-state index in [9.17, 15) is 14.7 Å². The fraction of sp³-hybridized carbons (Fsp3) is 0.0952. The Labute approximate surface area is 151 Å². The zero-order chi connectivity index (χ0) is 18.4. The Hall–Kier alpha value is -3.47. The second kappa shape index (κ2) is 8.07. The van der Waals surface area contributed by atoms with Gasteiger partial charge in [-0.2, -0.15) is 0 Å². The van der Waals surface area contributed by atoms with Gasteiger partial charge < -0.3 is 5.11 Å². The van der Waals surface area contributed by atoms with E-state index >= 15 is 0 Å². The van der Waals surface area contributed by atoms with Gasteiger partial charge in [0.1, 0.15) is 5.69 Å². The predicted molar refractivity (Wildman–Crippen MR) is 98.9 cm³/mol. The predicted octanol–water partition coefficient (Wildman–Crippen LogP) is 3.94. The summed E-state index contributed by atoms with van der Waals surface area (Å²) in [4.78, 5) is 30.4. The maximum Gasteiger partial charge on any atom is 0.305 e. The van der Waals surface area contributed by atoms with Crippen molar-refractivity contribution in [1.29, 1.82) is 0 Å². The van der Waals surface area contributed by atoms with Crippen LogP contribution < -0.4 is 4.90 Å². The first-order valence-electron chi connectivity index (χ1n) is 8.23. The zero-order valence-electron chi connectivity index (χ0n) is 14.0. The van der Waals surface area contributed by atoms with E-state index in [0.29, 0.717) is 5.69 Å². The van der Waals surface area contributed by atoms with Crippen molar-refractivity contribution >= 4 is 17.6 Å². The maximum absolute atomic E-state index is 13.2. The molecule has 0 saturated heterocycles. The first-order valence-corrected chi connectivity index (χ1v) is 8.23. The number of hydrogen-bond acceptors (Lipinski definition) is 3. The van der Waals surface area contributed by atoms with Gasteiger partial charge in [-0.15, -0.1) is 0 Å². The van der Waals surface area contributed by atoms with Gasteiger partial charge in [0.15, 0.2) is 0 Å². The third kappa shape index (κ3) is 3.95. The smallest absolute Gasteiger partial charge is 0.305 e. The Balaban J connectivity index is 2.11. The van der Waals surface area contributed by atoms with Gasteiger partial charge in [-0.1, -0.05) is 54.6 Å². The molecule has 3 aromatic rings. The van der Waals surface area contributed by atoms with Crippen LogP contribution in [0.25, 0.3) is 0 Å². The summed E-state index contributed by atoms with van der Waals surface area (Å²) in [5, 5.41) is 9.44. The molecule has 0 unspecified atom stereocenters. The molecule has 5 heteroatoms. The van der Waals surface area contributed by atoms with Crippen LogP contribution >= 0.6 is 0 Å². The van der Waals surface area contributed by atoms with Crippen molar-refractivity contribution in [1.82, 2.24) is 4.98 Å². The van der Waals surface area contributed by atoms with Crippen LogP contribution in [0, 0.1) is 0 Å². The van der Waals surface area contributed by atoms with Crippen molar-refractivity contribution in [3.63, 3.8) is 0 Å². The van der Waals surface area contributed by atoms with Crippen molar-refractivity contribution in [2.45, 2.75) is 12.5 Å². The monoisotopic (exact) mass is 346 g/mol. The summed E-state index contributed by atoms with van der Waals surface area (Å²) in [5.41, 5.74) is 1.64. The number of amides is 1. The molecule has 2 aromatic carbocycles. The van der Waals surface area contributed by atoms with Crippen LogP contribution in [-0.4, -0.2) is 22.0 Å². The molecule has 0 aliphatic heterocycles. The maximum atomic E-state index is 13.2. The summed E-state index contributed by atoms with van der Waals surface area (Å²) < 4.78 is 0. The second-order valence-electron chi connectivity index (χ2n) is 5.75. The number of benzene rings is 2. The summed E-state index contributed by atoms with van der Waals surface area (Å²) in [7, 11) is 0. The first kappa shape index (κ1) is 17.4. The van der Waals surface area contributed by atoms with E-state index in [4.69, 9.17) is 0 Å². The Bertz CT molecular complexity index is 868. The highest BCUT2D eigenvalue weighted by Gasteiger charge is 2.30. The standard InChI is InChI=1S/C21H18N2O3/c24-20(25)15-19(16-9-3-1-4-10-16)23(17-11-5-2-6-12-17)21(26)18-13-7-8-14-22-18/h1-14,19H,15H2,(H,24,25)/t19-/m0/s1. The largest absolute Gasteiger partial charge is 0.481 e. The number of pyridine rings is 1. The van der Waals surface area contributed by atoms with Gasteiger partial charge in [-0.25, -0.2) is 0 Å². The molecular formula is C21H18N2O3. The Morgan fingerprint density at radius 1 is 0.885 bits per heavy atom. The van der Waals surface area contributed by atoms with Crippen LogP contribution in [0.5, 0.6) is 0 Å². The van der Waals surface area contributed by atoms with Crippen molar-refractivity contribution < 1.29 is 14.7 Å². The van der Waals surface area contributed by atoms with Crippen LogP contribution in [0.3, 0.4) is 0 Å². The highest BCUT2D eigenvalue weighted by molar-refractivity contribution is 6.05. The van der Waals surface area contributed by atoms with Crippen molar-refractivity contribution in [3.8, 4) is 0 Å². The fourth-order valence-electron chi connectivity index (χ4n) is 2.84. The van der Waals surface area contributed by atoms with Crippen molar-refractivity contribution in [2.75, 3.05) is 4.90 Å². The van der Waals surface area contributed by atoms with Gasteiger partial charge in [0.25, 0.3) is 5.91 Å². The number of anilines is 1. The zero-order valence-corrected chi connectivity index (χ0v) is 14.0. The lowest BCUT2D eigenvalue weighted by atomic mass is 10.0. The summed E-state index contributed by atoms with van der Waals surface area (Å²) in [6.45, 7) is 0. The quantitative estimate of drug-likeness (QED) is 0.734. The highest BCUT2D eigenvalue weighted by Crippen LogP contribution is 2.31. The lowest BCUT2D eigenvalue weighted by Crippen LogP contribution is -2.36. The molecule has 1 amide bonds. The fourth-order valence-corrected chi connectivity index (χ4v) is 2.84. The normalized spacial score (nSPS) is 11.5. The number of rotatable bonds is 6. The number of aliphatic carboxylic acids is 1. The van der Waals surface area contributed by atoms with Crippen LogP contribution in [0.1, 0.15) is 28.5 Å². The molecule has 0 fully saturated rings. The number of nitrogens with zero attached hydrogens (tertiary/aromatic N) is 2. The van der Waals surface area contributed by atoms with Gasteiger partial charge in [0, 0.05) is 11.9 Å². The minimum absolute atomic E-state index is 0.211. The Morgan fingerprint density at radius 3 is 2.08 bits per heavy atom. The number of carbonyl (C=O) groups is 2. The molecule has 3 rings (SSSR count). The molecule has 26 heavy (non-hydrogen) atoms. The molecule has 0 radical (unpaired) electrons. The van der Waals surface area contributed by atoms with E-state index in [-0.39, 0.29) is 18.0 Å². The molecule has 0 saturated carbocycles. The summed E-state index contributed by atoms with van der Waals surface area (Å²) in [6.07, 6.45) is 1.34. The number of carboxylic acid groups (broad SMARTS) is 1. The van der Waals surface area contributed by atoms with Crippen LogP contribution in [0.15, 0.2) is 85.1 Å². The molecule has 130 valence electrons. The highest BCUT2D eigenvalue weighted by atomic mass is 16.4. The molecule has 1 N–H and O–H groups in total. The number of carbonyl (C=O) groups excluding carboxylic acids is 1. The van der Waals surface area contributed by atoms with E-state index in [1.807, 2.05) is 48.5 Å².